The van der Waals surface area contributed by atoms with Gasteiger partial charge in [-0.15, -0.1) is 11.3 Å². The van der Waals surface area contributed by atoms with Crippen molar-refractivity contribution in [3.05, 3.63) is 39.3 Å². The maximum atomic E-state index is 11.9. The summed E-state index contributed by atoms with van der Waals surface area (Å²) in [6, 6.07) is 5.73. The van der Waals surface area contributed by atoms with Gasteiger partial charge < -0.3 is 4.74 Å². The highest BCUT2D eigenvalue weighted by molar-refractivity contribution is 9.10. The van der Waals surface area contributed by atoms with Gasteiger partial charge in [0.05, 0.1) is 10.2 Å². The monoisotopic (exact) mass is 368 g/mol. The zero-order chi connectivity index (χ0) is 15.4. The van der Waals surface area contributed by atoms with Crippen molar-refractivity contribution in [2.75, 3.05) is 11.9 Å². The average molecular weight is 369 g/mol. The Kier molecular flexibility index (Phi) is 5.36. The van der Waals surface area contributed by atoms with Crippen LogP contribution in [-0.2, 0) is 4.79 Å². The molecular weight excluding hydrogens is 352 g/mol. The number of thiazole rings is 1. The molecule has 0 fully saturated rings. The predicted octanol–water partition coefficient (Wildman–Crippen LogP) is 4.35. The Bertz CT molecular complexity index is 640. The van der Waals surface area contributed by atoms with Crippen molar-refractivity contribution in [1.82, 2.24) is 4.98 Å². The number of ether oxygens (including phenoxy) is 1. The smallest absolute Gasteiger partial charge is 0.264 e. The number of carbonyl (C=O) groups excluding carboxylic acids is 1. The number of anilines is 1. The molecule has 21 heavy (non-hydrogen) atoms. The summed E-state index contributed by atoms with van der Waals surface area (Å²) in [5.74, 6) is 0.788. The van der Waals surface area contributed by atoms with Crippen LogP contribution in [0.5, 0.6) is 5.75 Å². The van der Waals surface area contributed by atoms with Crippen molar-refractivity contribution in [2.45, 2.75) is 26.7 Å². The maximum absolute atomic E-state index is 11.9. The van der Waals surface area contributed by atoms with Crippen LogP contribution in [0.2, 0.25) is 0 Å². The number of benzene rings is 1. The first-order valence-electron chi connectivity index (χ1n) is 6.60. The zero-order valence-corrected chi connectivity index (χ0v) is 14.5. The number of hydrogen-bond acceptors (Lipinski definition) is 4. The van der Waals surface area contributed by atoms with E-state index < -0.39 is 0 Å². The molecule has 0 aliphatic heterocycles. The molecule has 1 heterocycles. The molecule has 1 N–H and O–H groups in total. The molecule has 2 aromatic rings. The fourth-order valence-corrected chi connectivity index (χ4v) is 3.13. The summed E-state index contributed by atoms with van der Waals surface area (Å²) in [7, 11) is 0. The molecule has 0 unspecified atom stereocenters. The molecule has 0 aliphatic rings. The minimum atomic E-state index is -0.216. The first-order chi connectivity index (χ1) is 9.95. The fraction of sp³-hybridized carbons (Fsp3) is 0.333. The largest absolute Gasteiger partial charge is 0.483 e. The van der Waals surface area contributed by atoms with Gasteiger partial charge in [0.2, 0.25) is 0 Å². The van der Waals surface area contributed by atoms with Gasteiger partial charge in [-0.05, 0) is 46.5 Å². The molecule has 112 valence electrons. The van der Waals surface area contributed by atoms with Gasteiger partial charge in [0.1, 0.15) is 5.75 Å². The molecule has 0 aliphatic carbocycles. The number of aryl methyl sites for hydroxylation is 1. The van der Waals surface area contributed by atoms with Crippen molar-refractivity contribution in [1.29, 1.82) is 0 Å². The Hall–Kier alpha value is -1.40. The van der Waals surface area contributed by atoms with E-state index in [1.807, 2.05) is 30.5 Å². The highest BCUT2D eigenvalue weighted by Crippen LogP contribution is 2.26. The van der Waals surface area contributed by atoms with Gasteiger partial charge in [-0.25, -0.2) is 4.98 Å². The Morgan fingerprint density at radius 3 is 2.86 bits per heavy atom. The number of aromatic nitrogens is 1. The minimum absolute atomic E-state index is 0.0434. The molecule has 6 heteroatoms. The van der Waals surface area contributed by atoms with E-state index in [2.05, 4.69) is 40.1 Å². The Morgan fingerprint density at radius 1 is 1.48 bits per heavy atom. The SMILES string of the molecule is Cc1ccc(OCC(=O)Nc2nc(C(C)C)cs2)c(Br)c1. The van der Waals surface area contributed by atoms with Crippen molar-refractivity contribution < 1.29 is 9.53 Å². The molecule has 0 atom stereocenters. The van der Waals surface area contributed by atoms with Crippen LogP contribution in [0.15, 0.2) is 28.1 Å². The van der Waals surface area contributed by atoms with Gasteiger partial charge in [-0.3, -0.25) is 10.1 Å². The van der Waals surface area contributed by atoms with Crippen molar-refractivity contribution in [3.8, 4) is 5.75 Å². The van der Waals surface area contributed by atoms with E-state index >= 15 is 0 Å². The van der Waals surface area contributed by atoms with Crippen LogP contribution in [-0.4, -0.2) is 17.5 Å². The van der Waals surface area contributed by atoms with E-state index in [0.717, 1.165) is 15.7 Å². The number of halogens is 1. The summed E-state index contributed by atoms with van der Waals surface area (Å²) in [6.07, 6.45) is 0. The quantitative estimate of drug-likeness (QED) is 0.852. The zero-order valence-electron chi connectivity index (χ0n) is 12.1. The number of amides is 1. The standard InChI is InChI=1S/C15H17BrN2O2S/c1-9(2)12-8-21-15(17-12)18-14(19)7-20-13-5-4-10(3)6-11(13)16/h4-6,8-9H,7H2,1-3H3,(H,17,18,19). The lowest BCUT2D eigenvalue weighted by Gasteiger charge is -2.08. The van der Waals surface area contributed by atoms with Crippen molar-refractivity contribution >= 4 is 38.3 Å². The molecule has 0 radical (unpaired) electrons. The molecule has 1 aromatic carbocycles. The lowest BCUT2D eigenvalue weighted by molar-refractivity contribution is -0.118. The summed E-state index contributed by atoms with van der Waals surface area (Å²) in [5, 5.41) is 5.31. The Balaban J connectivity index is 1.89. The molecule has 1 amide bonds. The van der Waals surface area contributed by atoms with E-state index in [-0.39, 0.29) is 12.5 Å². The molecule has 0 bridgehead atoms. The lowest BCUT2D eigenvalue weighted by atomic mass is 10.2. The van der Waals surface area contributed by atoms with Gasteiger partial charge in [0.15, 0.2) is 11.7 Å². The third-order valence-corrected chi connectivity index (χ3v) is 4.20. The van der Waals surface area contributed by atoms with Gasteiger partial charge in [-0.2, -0.15) is 0 Å². The van der Waals surface area contributed by atoms with Crippen LogP contribution in [0.3, 0.4) is 0 Å². The normalized spacial score (nSPS) is 10.7. The van der Waals surface area contributed by atoms with Crippen LogP contribution in [0.1, 0.15) is 31.0 Å². The number of nitrogens with zero attached hydrogens (tertiary/aromatic N) is 1. The van der Waals surface area contributed by atoms with E-state index in [1.54, 1.807) is 0 Å². The number of carbonyl (C=O) groups is 1. The molecule has 2 rings (SSSR count). The fourth-order valence-electron chi connectivity index (χ4n) is 1.63. The topological polar surface area (TPSA) is 51.2 Å². The van der Waals surface area contributed by atoms with Crippen LogP contribution in [0, 0.1) is 6.92 Å². The van der Waals surface area contributed by atoms with E-state index in [1.165, 1.54) is 11.3 Å². The molecule has 0 spiro atoms. The second kappa shape index (κ2) is 7.04. The van der Waals surface area contributed by atoms with Gasteiger partial charge in [-0.1, -0.05) is 19.9 Å². The number of rotatable bonds is 5. The van der Waals surface area contributed by atoms with Crippen LogP contribution in [0.4, 0.5) is 5.13 Å². The Labute approximate surface area is 136 Å². The van der Waals surface area contributed by atoms with Crippen LogP contribution < -0.4 is 10.1 Å². The van der Waals surface area contributed by atoms with Gasteiger partial charge in [0, 0.05) is 5.38 Å². The summed E-state index contributed by atoms with van der Waals surface area (Å²) in [4.78, 5) is 16.2. The van der Waals surface area contributed by atoms with Crippen LogP contribution in [0.25, 0.3) is 0 Å². The molecule has 1 aromatic heterocycles. The summed E-state index contributed by atoms with van der Waals surface area (Å²) >= 11 is 4.84. The highest BCUT2D eigenvalue weighted by Gasteiger charge is 2.10. The predicted molar refractivity (Wildman–Crippen MR) is 89.2 cm³/mol. The number of nitrogens with one attached hydrogen (secondary N) is 1. The third kappa shape index (κ3) is 4.54. The van der Waals surface area contributed by atoms with E-state index in [0.29, 0.717) is 16.8 Å². The Morgan fingerprint density at radius 2 is 2.24 bits per heavy atom. The van der Waals surface area contributed by atoms with Crippen molar-refractivity contribution in [2.24, 2.45) is 0 Å². The number of hydrogen-bond donors (Lipinski definition) is 1. The molecule has 0 saturated heterocycles. The average Bonchev–Trinajstić information content (AvgIpc) is 2.86. The second-order valence-electron chi connectivity index (χ2n) is 5.00. The molecule has 4 nitrogen and oxygen atoms in total. The summed E-state index contributed by atoms with van der Waals surface area (Å²) in [5.41, 5.74) is 2.11. The maximum Gasteiger partial charge on any atom is 0.264 e. The lowest BCUT2D eigenvalue weighted by Crippen LogP contribution is -2.20. The van der Waals surface area contributed by atoms with E-state index in [4.69, 9.17) is 4.74 Å². The third-order valence-electron chi connectivity index (χ3n) is 2.81. The molecule has 0 saturated carbocycles. The van der Waals surface area contributed by atoms with Crippen molar-refractivity contribution in [3.63, 3.8) is 0 Å². The van der Waals surface area contributed by atoms with Crippen LogP contribution >= 0.6 is 27.3 Å². The van der Waals surface area contributed by atoms with E-state index in [9.17, 15) is 4.79 Å². The summed E-state index contributed by atoms with van der Waals surface area (Å²) < 4.78 is 6.34. The van der Waals surface area contributed by atoms with Gasteiger partial charge >= 0.3 is 0 Å². The molecular formula is C15H17BrN2O2S. The first-order valence-corrected chi connectivity index (χ1v) is 8.27. The van der Waals surface area contributed by atoms with Gasteiger partial charge in [0.25, 0.3) is 5.91 Å². The minimum Gasteiger partial charge on any atom is -0.483 e. The first kappa shape index (κ1) is 16.0. The summed E-state index contributed by atoms with van der Waals surface area (Å²) in [6.45, 7) is 6.09. The highest BCUT2D eigenvalue weighted by atomic mass is 79.9. The second-order valence-corrected chi connectivity index (χ2v) is 6.72.